The zero-order chi connectivity index (χ0) is 7.84. The van der Waals surface area contributed by atoms with Gasteiger partial charge in [-0.25, -0.2) is 0 Å². The Morgan fingerprint density at radius 1 is 1.55 bits per heavy atom. The van der Waals surface area contributed by atoms with Gasteiger partial charge in [0.2, 0.25) is 0 Å². The number of rotatable bonds is 2. The smallest absolute Gasteiger partial charge is 0.188 e. The van der Waals surface area contributed by atoms with E-state index >= 15 is 0 Å². The van der Waals surface area contributed by atoms with E-state index in [9.17, 15) is 0 Å². The Balaban J connectivity index is 2.14. The summed E-state index contributed by atoms with van der Waals surface area (Å²) in [6.07, 6.45) is 2.45. The molecule has 1 saturated carbocycles. The minimum absolute atomic E-state index is 0.0934. The summed E-state index contributed by atoms with van der Waals surface area (Å²) in [7, 11) is 0. The topological polar surface area (TPSA) is 62.0 Å². The quantitative estimate of drug-likeness (QED) is 0.594. The molecule has 2 rings (SSSR count). The predicted molar refractivity (Wildman–Crippen MR) is 42.1 cm³/mol. The molecule has 0 spiro atoms. The molecule has 3 nitrogen and oxygen atoms in total. The van der Waals surface area contributed by atoms with Crippen LogP contribution in [-0.4, -0.2) is 10.1 Å². The van der Waals surface area contributed by atoms with Crippen molar-refractivity contribution >= 4 is 0 Å². The Morgan fingerprint density at radius 3 is 2.73 bits per heavy atom. The second-order valence-electron chi connectivity index (χ2n) is 3.16. The molecule has 1 heterocycles. The Kier molecular flexibility index (Phi) is 1.39. The molecule has 0 radical (unpaired) electrons. The molecule has 1 aromatic heterocycles. The average molecular weight is 152 g/mol. The van der Waals surface area contributed by atoms with Gasteiger partial charge in [-0.15, -0.1) is 0 Å². The van der Waals surface area contributed by atoms with E-state index in [1.807, 2.05) is 6.07 Å². The van der Waals surface area contributed by atoms with Crippen LogP contribution < -0.4 is 5.73 Å². The van der Waals surface area contributed by atoms with Crippen molar-refractivity contribution in [2.45, 2.75) is 18.9 Å². The summed E-state index contributed by atoms with van der Waals surface area (Å²) >= 11 is 0. The first-order valence-corrected chi connectivity index (χ1v) is 3.91. The van der Waals surface area contributed by atoms with E-state index in [0.29, 0.717) is 5.92 Å². The van der Waals surface area contributed by atoms with Crippen LogP contribution in [0.25, 0.3) is 0 Å². The number of hydrogen-bond donors (Lipinski definition) is 3. The lowest BCUT2D eigenvalue weighted by Gasteiger charge is -2.06. The Labute approximate surface area is 65.2 Å². The summed E-state index contributed by atoms with van der Waals surface area (Å²) < 4.78 is 0. The average Bonchev–Trinajstić information content (AvgIpc) is 2.74. The molecular weight excluding hydrogens is 140 g/mol. The fraction of sp³-hybridized carbons (Fsp3) is 0.500. The van der Waals surface area contributed by atoms with Crippen LogP contribution in [-0.2, 0) is 0 Å². The van der Waals surface area contributed by atoms with Crippen LogP contribution in [0.4, 0.5) is 0 Å². The molecule has 0 saturated heterocycles. The van der Waals surface area contributed by atoms with Crippen LogP contribution in [0.5, 0.6) is 5.88 Å². The van der Waals surface area contributed by atoms with Crippen LogP contribution in [0.15, 0.2) is 12.1 Å². The van der Waals surface area contributed by atoms with Gasteiger partial charge in [0.1, 0.15) is 0 Å². The lowest BCUT2D eigenvalue weighted by Crippen LogP contribution is -2.12. The number of aromatic hydroxyl groups is 1. The summed E-state index contributed by atoms with van der Waals surface area (Å²) in [5.74, 6) is 0.837. The molecule has 0 unspecified atom stereocenters. The summed E-state index contributed by atoms with van der Waals surface area (Å²) in [4.78, 5) is 2.83. The minimum Gasteiger partial charge on any atom is -0.495 e. The minimum atomic E-state index is 0.0934. The molecule has 0 bridgehead atoms. The van der Waals surface area contributed by atoms with Crippen molar-refractivity contribution in [1.82, 2.24) is 4.98 Å². The van der Waals surface area contributed by atoms with Gasteiger partial charge in [-0.2, -0.15) is 0 Å². The zero-order valence-electron chi connectivity index (χ0n) is 6.25. The maximum Gasteiger partial charge on any atom is 0.188 e. The normalized spacial score (nSPS) is 20.1. The first-order chi connectivity index (χ1) is 5.27. The first kappa shape index (κ1) is 6.73. The van der Waals surface area contributed by atoms with E-state index in [2.05, 4.69) is 4.98 Å². The van der Waals surface area contributed by atoms with E-state index in [0.717, 1.165) is 5.69 Å². The fourth-order valence-corrected chi connectivity index (χ4v) is 1.30. The monoisotopic (exact) mass is 152 g/mol. The number of aromatic amines is 1. The molecule has 11 heavy (non-hydrogen) atoms. The van der Waals surface area contributed by atoms with Crippen LogP contribution in [0.2, 0.25) is 0 Å². The van der Waals surface area contributed by atoms with Gasteiger partial charge < -0.3 is 15.8 Å². The highest BCUT2D eigenvalue weighted by Crippen LogP contribution is 2.39. The third-order valence-electron chi connectivity index (χ3n) is 2.18. The molecule has 1 aromatic rings. The van der Waals surface area contributed by atoms with Gasteiger partial charge in [0.05, 0.1) is 0 Å². The number of H-pyrrole nitrogens is 1. The number of aromatic nitrogens is 1. The van der Waals surface area contributed by atoms with Crippen molar-refractivity contribution in [2.75, 3.05) is 0 Å². The summed E-state index contributed by atoms with van der Waals surface area (Å²) in [6.45, 7) is 0. The van der Waals surface area contributed by atoms with E-state index in [4.69, 9.17) is 10.8 Å². The molecule has 0 aromatic carbocycles. The van der Waals surface area contributed by atoms with Gasteiger partial charge in [-0.1, -0.05) is 0 Å². The van der Waals surface area contributed by atoms with E-state index in [-0.39, 0.29) is 11.9 Å². The Bertz CT molecular complexity index is 252. The van der Waals surface area contributed by atoms with Crippen LogP contribution in [0.1, 0.15) is 24.6 Å². The number of hydrogen-bond acceptors (Lipinski definition) is 2. The summed E-state index contributed by atoms with van der Waals surface area (Å²) in [6, 6.07) is 3.58. The Hall–Kier alpha value is -0.960. The molecule has 1 aliphatic carbocycles. The highest BCUT2D eigenvalue weighted by Gasteiger charge is 2.30. The van der Waals surface area contributed by atoms with Crippen molar-refractivity contribution in [1.29, 1.82) is 0 Å². The maximum atomic E-state index is 8.99. The molecular formula is C8H12N2O. The van der Waals surface area contributed by atoms with Gasteiger partial charge in [0.15, 0.2) is 5.88 Å². The second-order valence-corrected chi connectivity index (χ2v) is 3.16. The molecule has 0 amide bonds. The van der Waals surface area contributed by atoms with Crippen molar-refractivity contribution in [3.63, 3.8) is 0 Å². The highest BCUT2D eigenvalue weighted by molar-refractivity contribution is 5.20. The molecule has 1 aliphatic rings. The molecule has 1 fully saturated rings. The third kappa shape index (κ3) is 1.24. The van der Waals surface area contributed by atoms with Gasteiger partial charge in [-0.05, 0) is 30.9 Å². The van der Waals surface area contributed by atoms with Crippen LogP contribution >= 0.6 is 0 Å². The molecule has 0 aliphatic heterocycles. The lowest BCUT2D eigenvalue weighted by molar-refractivity contribution is 0.453. The van der Waals surface area contributed by atoms with E-state index in [1.54, 1.807) is 6.07 Å². The van der Waals surface area contributed by atoms with Gasteiger partial charge in [-0.3, -0.25) is 0 Å². The van der Waals surface area contributed by atoms with Crippen molar-refractivity contribution in [3.05, 3.63) is 17.8 Å². The second kappa shape index (κ2) is 2.27. The van der Waals surface area contributed by atoms with Crippen molar-refractivity contribution in [3.8, 4) is 5.88 Å². The molecule has 60 valence electrons. The highest BCUT2D eigenvalue weighted by atomic mass is 16.3. The van der Waals surface area contributed by atoms with Crippen molar-refractivity contribution < 1.29 is 5.11 Å². The van der Waals surface area contributed by atoms with Crippen LogP contribution in [0.3, 0.4) is 0 Å². The van der Waals surface area contributed by atoms with E-state index in [1.165, 1.54) is 12.8 Å². The van der Waals surface area contributed by atoms with Gasteiger partial charge in [0, 0.05) is 11.7 Å². The lowest BCUT2D eigenvalue weighted by atomic mass is 10.1. The number of nitrogens with one attached hydrogen (secondary N) is 1. The number of nitrogens with two attached hydrogens (primary N) is 1. The van der Waals surface area contributed by atoms with Gasteiger partial charge >= 0.3 is 0 Å². The Morgan fingerprint density at radius 2 is 2.27 bits per heavy atom. The fourth-order valence-electron chi connectivity index (χ4n) is 1.30. The predicted octanol–water partition coefficient (Wildman–Crippen LogP) is 1.13. The maximum absolute atomic E-state index is 8.99. The summed E-state index contributed by atoms with van der Waals surface area (Å²) in [5.41, 5.74) is 6.82. The standard InChI is InChI=1S/C8H12N2O/c9-8(5-1-2-5)6-3-4-7(11)10-6/h3-5,8,10-11H,1-2,9H2/t8-/m1/s1. The molecule has 1 atom stereocenters. The van der Waals surface area contributed by atoms with Crippen molar-refractivity contribution in [2.24, 2.45) is 11.7 Å². The third-order valence-corrected chi connectivity index (χ3v) is 2.18. The SMILES string of the molecule is N[C@@H](c1ccc(O)[nH]1)C1CC1. The largest absolute Gasteiger partial charge is 0.495 e. The van der Waals surface area contributed by atoms with Crippen LogP contribution in [0, 0.1) is 5.92 Å². The molecule has 4 N–H and O–H groups in total. The van der Waals surface area contributed by atoms with Gasteiger partial charge in [0.25, 0.3) is 0 Å². The molecule has 3 heteroatoms. The first-order valence-electron chi connectivity index (χ1n) is 3.91. The van der Waals surface area contributed by atoms with E-state index < -0.39 is 0 Å². The summed E-state index contributed by atoms with van der Waals surface area (Å²) in [5, 5.41) is 8.99. The zero-order valence-corrected chi connectivity index (χ0v) is 6.25.